The predicted octanol–water partition coefficient (Wildman–Crippen LogP) is 2.15. The van der Waals surface area contributed by atoms with Crippen LogP contribution in [0.15, 0.2) is 29.3 Å². The quantitative estimate of drug-likeness (QED) is 0.910. The van der Waals surface area contributed by atoms with Crippen LogP contribution >= 0.6 is 0 Å². The number of benzene rings is 1. The van der Waals surface area contributed by atoms with Crippen molar-refractivity contribution in [1.29, 1.82) is 0 Å². The Labute approximate surface area is 106 Å². The molecule has 4 nitrogen and oxygen atoms in total. The van der Waals surface area contributed by atoms with Gasteiger partial charge in [-0.1, -0.05) is 6.07 Å². The van der Waals surface area contributed by atoms with Crippen LogP contribution in [0.3, 0.4) is 0 Å². The second-order valence-corrected chi connectivity index (χ2v) is 4.12. The van der Waals surface area contributed by atoms with Crippen molar-refractivity contribution in [3.63, 3.8) is 0 Å². The van der Waals surface area contributed by atoms with E-state index < -0.39 is 17.3 Å². The maximum Gasteiger partial charge on any atom is 0.418 e. The molecule has 0 bridgehead atoms. The lowest BCUT2D eigenvalue weighted by Gasteiger charge is -2.15. The number of halogens is 3. The van der Waals surface area contributed by atoms with Crippen LogP contribution in [-0.4, -0.2) is 16.6 Å². The summed E-state index contributed by atoms with van der Waals surface area (Å²) in [4.78, 5) is 15.9. The second-order valence-electron chi connectivity index (χ2n) is 4.12. The van der Waals surface area contributed by atoms with E-state index in [1.165, 1.54) is 16.7 Å². The molecule has 0 fully saturated rings. The third-order valence-electron chi connectivity index (χ3n) is 2.95. The summed E-state index contributed by atoms with van der Waals surface area (Å²) in [7, 11) is 1.65. The molecule has 1 atom stereocenters. The lowest BCUT2D eigenvalue weighted by atomic mass is 10.1. The number of hydrogen-bond donors (Lipinski definition) is 1. The molecular formula is C12H12F3N3O. The average molecular weight is 271 g/mol. The van der Waals surface area contributed by atoms with Gasteiger partial charge in [0, 0.05) is 0 Å². The zero-order chi connectivity index (χ0) is 14.2. The van der Waals surface area contributed by atoms with Crippen LogP contribution in [0, 0.1) is 0 Å². The monoisotopic (exact) mass is 271 g/mol. The number of rotatable bonds is 2. The Morgan fingerprint density at radius 1 is 1.37 bits per heavy atom. The molecular weight excluding hydrogens is 259 g/mol. The minimum Gasteiger partial charge on any atom is -0.300 e. The van der Waals surface area contributed by atoms with Gasteiger partial charge in [-0.05, 0) is 26.1 Å². The van der Waals surface area contributed by atoms with Gasteiger partial charge in [-0.3, -0.25) is 9.36 Å². The van der Waals surface area contributed by atoms with Crippen LogP contribution in [-0.2, 0) is 6.18 Å². The van der Waals surface area contributed by atoms with E-state index in [1.54, 1.807) is 14.0 Å². The van der Waals surface area contributed by atoms with Crippen molar-refractivity contribution in [2.24, 2.45) is 0 Å². The van der Waals surface area contributed by atoms with E-state index in [2.05, 4.69) is 10.3 Å². The molecule has 0 aliphatic heterocycles. The Morgan fingerprint density at radius 2 is 2.05 bits per heavy atom. The molecule has 1 aromatic carbocycles. The smallest absolute Gasteiger partial charge is 0.300 e. The van der Waals surface area contributed by atoms with Crippen molar-refractivity contribution < 1.29 is 13.2 Å². The summed E-state index contributed by atoms with van der Waals surface area (Å²) in [6.45, 7) is 1.71. The highest BCUT2D eigenvalue weighted by atomic mass is 19.4. The van der Waals surface area contributed by atoms with Crippen molar-refractivity contribution in [1.82, 2.24) is 14.9 Å². The Hall–Kier alpha value is -1.89. The van der Waals surface area contributed by atoms with Crippen LogP contribution in [0.2, 0.25) is 0 Å². The number of alkyl halides is 3. The largest absolute Gasteiger partial charge is 0.418 e. The molecule has 0 spiro atoms. The van der Waals surface area contributed by atoms with Gasteiger partial charge in [0.1, 0.15) is 0 Å². The van der Waals surface area contributed by atoms with Crippen molar-refractivity contribution in [3.8, 4) is 0 Å². The van der Waals surface area contributed by atoms with Crippen LogP contribution in [0.4, 0.5) is 13.2 Å². The summed E-state index contributed by atoms with van der Waals surface area (Å²) >= 11 is 0. The summed E-state index contributed by atoms with van der Waals surface area (Å²) in [6, 6.07) is 3.47. The zero-order valence-electron chi connectivity index (χ0n) is 10.3. The van der Waals surface area contributed by atoms with Crippen molar-refractivity contribution >= 4 is 10.9 Å². The van der Waals surface area contributed by atoms with Crippen LogP contribution in [0.25, 0.3) is 10.9 Å². The first-order valence-corrected chi connectivity index (χ1v) is 5.60. The Kier molecular flexibility index (Phi) is 3.32. The molecule has 0 saturated carbocycles. The van der Waals surface area contributed by atoms with Gasteiger partial charge in [-0.2, -0.15) is 13.2 Å². The van der Waals surface area contributed by atoms with Gasteiger partial charge in [0.05, 0.1) is 29.0 Å². The van der Waals surface area contributed by atoms with Gasteiger partial charge in [-0.15, -0.1) is 0 Å². The molecule has 1 aromatic heterocycles. The van der Waals surface area contributed by atoms with E-state index in [4.69, 9.17) is 0 Å². The van der Waals surface area contributed by atoms with E-state index in [-0.39, 0.29) is 17.1 Å². The maximum absolute atomic E-state index is 12.8. The fraction of sp³-hybridized carbons (Fsp3) is 0.333. The SMILES string of the molecule is CNC(C)n1cnc2c(C(F)(F)F)cccc2c1=O. The fourth-order valence-electron chi connectivity index (χ4n) is 1.81. The van der Waals surface area contributed by atoms with E-state index in [0.717, 1.165) is 12.4 Å². The minimum absolute atomic E-state index is 0.0422. The summed E-state index contributed by atoms with van der Waals surface area (Å²) in [5.74, 6) is 0. The lowest BCUT2D eigenvalue weighted by molar-refractivity contribution is -0.136. The molecule has 0 radical (unpaired) electrons. The third-order valence-corrected chi connectivity index (χ3v) is 2.95. The Morgan fingerprint density at radius 3 is 2.63 bits per heavy atom. The summed E-state index contributed by atoms with van der Waals surface area (Å²) in [5.41, 5.74) is -1.72. The summed E-state index contributed by atoms with van der Waals surface area (Å²) in [5, 5.41) is 2.79. The van der Waals surface area contributed by atoms with Gasteiger partial charge in [-0.25, -0.2) is 4.98 Å². The van der Waals surface area contributed by atoms with Gasteiger partial charge in [0.2, 0.25) is 0 Å². The third kappa shape index (κ3) is 2.33. The maximum atomic E-state index is 12.8. The van der Waals surface area contributed by atoms with E-state index >= 15 is 0 Å². The summed E-state index contributed by atoms with van der Waals surface area (Å²) in [6.07, 6.45) is -3.75. The molecule has 7 heteroatoms. The normalized spacial score (nSPS) is 13.7. The van der Waals surface area contributed by atoms with E-state index in [1.807, 2.05) is 0 Å². The summed E-state index contributed by atoms with van der Waals surface area (Å²) < 4.78 is 39.7. The first kappa shape index (κ1) is 13.5. The molecule has 19 heavy (non-hydrogen) atoms. The number of aromatic nitrogens is 2. The zero-order valence-corrected chi connectivity index (χ0v) is 10.3. The van der Waals surface area contributed by atoms with Crippen LogP contribution in [0.1, 0.15) is 18.7 Å². The topological polar surface area (TPSA) is 46.9 Å². The van der Waals surface area contributed by atoms with Gasteiger partial charge in [0.25, 0.3) is 5.56 Å². The van der Waals surface area contributed by atoms with Crippen LogP contribution in [0.5, 0.6) is 0 Å². The highest BCUT2D eigenvalue weighted by Gasteiger charge is 2.33. The van der Waals surface area contributed by atoms with Gasteiger partial charge >= 0.3 is 6.18 Å². The van der Waals surface area contributed by atoms with Crippen molar-refractivity contribution in [3.05, 3.63) is 40.4 Å². The highest BCUT2D eigenvalue weighted by Crippen LogP contribution is 2.32. The molecule has 0 aliphatic carbocycles. The standard InChI is InChI=1S/C12H12F3N3O/c1-7(16-2)18-6-17-10-8(11(18)19)4-3-5-9(10)12(13,14)15/h3-7,16H,1-2H3. The number of nitrogens with zero attached hydrogens (tertiary/aromatic N) is 2. The lowest BCUT2D eigenvalue weighted by Crippen LogP contribution is -2.30. The number of fused-ring (bicyclic) bond motifs is 1. The first-order valence-electron chi connectivity index (χ1n) is 5.60. The van der Waals surface area contributed by atoms with E-state index in [9.17, 15) is 18.0 Å². The van der Waals surface area contributed by atoms with Crippen molar-refractivity contribution in [2.45, 2.75) is 19.3 Å². The fourth-order valence-corrected chi connectivity index (χ4v) is 1.81. The average Bonchev–Trinajstić information content (AvgIpc) is 2.37. The molecule has 0 amide bonds. The Bertz CT molecular complexity index is 663. The van der Waals surface area contributed by atoms with Gasteiger partial charge < -0.3 is 5.32 Å². The number of hydrogen-bond acceptors (Lipinski definition) is 3. The molecule has 2 rings (SSSR count). The first-order chi connectivity index (χ1) is 8.86. The number of nitrogens with one attached hydrogen (secondary N) is 1. The highest BCUT2D eigenvalue weighted by molar-refractivity contribution is 5.81. The molecule has 1 heterocycles. The van der Waals surface area contributed by atoms with Crippen LogP contribution < -0.4 is 10.9 Å². The molecule has 1 N–H and O–H groups in total. The predicted molar refractivity (Wildman–Crippen MR) is 64.8 cm³/mol. The molecule has 102 valence electrons. The molecule has 0 saturated heterocycles. The number of para-hydroxylation sites is 1. The molecule has 0 aliphatic rings. The van der Waals surface area contributed by atoms with Crippen molar-refractivity contribution in [2.75, 3.05) is 7.05 Å². The van der Waals surface area contributed by atoms with E-state index in [0.29, 0.717) is 0 Å². The molecule has 1 unspecified atom stereocenters. The molecule has 2 aromatic rings. The van der Waals surface area contributed by atoms with Gasteiger partial charge in [0.15, 0.2) is 0 Å². The minimum atomic E-state index is -4.53. The Balaban J connectivity index is 2.77. The second kappa shape index (κ2) is 4.65.